The van der Waals surface area contributed by atoms with Crippen LogP contribution in [0.4, 0.5) is 8.78 Å². The molecule has 0 aromatic heterocycles. The third-order valence-corrected chi connectivity index (χ3v) is 5.75. The van der Waals surface area contributed by atoms with E-state index in [1.165, 1.54) is 37.3 Å². The lowest BCUT2D eigenvalue weighted by Crippen LogP contribution is -2.14. The number of benzene rings is 2. The maximum Gasteiger partial charge on any atom is 0.161 e. The van der Waals surface area contributed by atoms with E-state index in [0.717, 1.165) is 40.5 Å². The van der Waals surface area contributed by atoms with Crippen molar-refractivity contribution in [2.24, 2.45) is 11.8 Å². The molecule has 0 spiro atoms. The third-order valence-electron chi connectivity index (χ3n) is 5.75. The average Bonchev–Trinajstić information content (AvgIpc) is 2.54. The summed E-state index contributed by atoms with van der Waals surface area (Å²) in [5.74, 6) is 0.140. The lowest BCUT2D eigenvalue weighted by atomic mass is 9.79. The minimum Gasteiger partial charge on any atom is -0.204 e. The third kappa shape index (κ3) is 3.94. The molecule has 0 heterocycles. The molecule has 0 aliphatic heterocycles. The van der Waals surface area contributed by atoms with Crippen LogP contribution in [0.25, 0.3) is 11.1 Å². The van der Waals surface area contributed by atoms with Crippen molar-refractivity contribution < 1.29 is 8.78 Å². The fraction of sp³-hybridized carbons (Fsp3) is 0.478. The van der Waals surface area contributed by atoms with Crippen LogP contribution >= 0.6 is 0 Å². The Balaban J connectivity index is 1.88. The lowest BCUT2D eigenvalue weighted by molar-refractivity contribution is 0.289. The van der Waals surface area contributed by atoms with Crippen molar-refractivity contribution in [1.82, 2.24) is 0 Å². The molecule has 1 saturated carbocycles. The molecular weight excluding hydrogens is 314 g/mol. The second kappa shape index (κ2) is 7.27. The van der Waals surface area contributed by atoms with Crippen LogP contribution in [0.15, 0.2) is 24.3 Å². The van der Waals surface area contributed by atoms with E-state index in [0.29, 0.717) is 5.56 Å². The summed E-state index contributed by atoms with van der Waals surface area (Å²) in [5.41, 5.74) is 5.81. The van der Waals surface area contributed by atoms with Crippen LogP contribution < -0.4 is 0 Å². The van der Waals surface area contributed by atoms with E-state index in [1.54, 1.807) is 13.0 Å². The smallest absolute Gasteiger partial charge is 0.161 e. The first-order valence-electron chi connectivity index (χ1n) is 9.41. The first-order chi connectivity index (χ1) is 11.8. The molecule has 2 aromatic rings. The van der Waals surface area contributed by atoms with Gasteiger partial charge in [0.25, 0.3) is 0 Å². The summed E-state index contributed by atoms with van der Waals surface area (Å²) in [6, 6.07) is 7.53. The van der Waals surface area contributed by atoms with Crippen LogP contribution in [0.2, 0.25) is 0 Å². The Hall–Kier alpha value is -1.70. The van der Waals surface area contributed by atoms with E-state index in [9.17, 15) is 8.78 Å². The van der Waals surface area contributed by atoms with Crippen LogP contribution in [0.3, 0.4) is 0 Å². The molecule has 134 valence electrons. The molecular formula is C23H28F2. The molecule has 3 rings (SSSR count). The average molecular weight is 342 g/mol. The summed E-state index contributed by atoms with van der Waals surface area (Å²) in [7, 11) is 0. The second-order valence-electron chi connectivity index (χ2n) is 8.02. The molecule has 0 saturated heterocycles. The Morgan fingerprint density at radius 1 is 0.840 bits per heavy atom. The van der Waals surface area contributed by atoms with Crippen molar-refractivity contribution >= 4 is 0 Å². The Morgan fingerprint density at radius 3 is 2.00 bits per heavy atom. The van der Waals surface area contributed by atoms with Gasteiger partial charge in [0, 0.05) is 0 Å². The predicted octanol–water partition coefficient (Wildman–Crippen LogP) is 6.93. The number of aryl methyl sites for hydroxylation is 3. The minimum absolute atomic E-state index is 0.356. The fourth-order valence-electron chi connectivity index (χ4n) is 4.36. The van der Waals surface area contributed by atoms with E-state index >= 15 is 0 Å². The molecule has 0 atom stereocenters. The summed E-state index contributed by atoms with van der Waals surface area (Å²) >= 11 is 0. The molecule has 0 radical (unpaired) electrons. The van der Waals surface area contributed by atoms with E-state index < -0.39 is 11.6 Å². The van der Waals surface area contributed by atoms with Gasteiger partial charge < -0.3 is 0 Å². The summed E-state index contributed by atoms with van der Waals surface area (Å²) in [5, 5.41) is 0. The molecule has 1 fully saturated rings. The predicted molar refractivity (Wildman–Crippen MR) is 101 cm³/mol. The van der Waals surface area contributed by atoms with Crippen LogP contribution in [0.5, 0.6) is 0 Å². The molecule has 0 bridgehead atoms. The van der Waals surface area contributed by atoms with E-state index in [1.807, 2.05) is 0 Å². The first-order valence-corrected chi connectivity index (χ1v) is 9.41. The largest absolute Gasteiger partial charge is 0.204 e. The number of halogens is 2. The lowest BCUT2D eigenvalue weighted by Gasteiger charge is -2.26. The van der Waals surface area contributed by atoms with Gasteiger partial charge in [-0.25, -0.2) is 8.78 Å². The monoisotopic (exact) mass is 342 g/mol. The van der Waals surface area contributed by atoms with E-state index in [4.69, 9.17) is 0 Å². The highest BCUT2D eigenvalue weighted by Gasteiger charge is 2.19. The van der Waals surface area contributed by atoms with Crippen LogP contribution in [0, 0.1) is 44.2 Å². The standard InChI is InChI=1S/C23H28F2/c1-14-5-7-18(8-6-14)12-19-9-15(2)22(16(3)10-19)20-11-17(4)23(25)21(24)13-20/h9-11,13-14,18H,5-8,12H2,1-4H3. The highest BCUT2D eigenvalue weighted by Crippen LogP contribution is 2.34. The van der Waals surface area contributed by atoms with Gasteiger partial charge >= 0.3 is 0 Å². The first kappa shape index (κ1) is 18.1. The van der Waals surface area contributed by atoms with Crippen molar-refractivity contribution in [1.29, 1.82) is 0 Å². The second-order valence-corrected chi connectivity index (χ2v) is 8.02. The van der Waals surface area contributed by atoms with Crippen LogP contribution in [0.1, 0.15) is 54.9 Å². The van der Waals surface area contributed by atoms with Gasteiger partial charge in [-0.15, -0.1) is 0 Å². The van der Waals surface area contributed by atoms with Gasteiger partial charge in [-0.05, 0) is 97.4 Å². The maximum atomic E-state index is 13.8. The molecule has 0 amide bonds. The summed E-state index contributed by atoms with van der Waals surface area (Å²) in [4.78, 5) is 0. The SMILES string of the molecule is Cc1cc(-c2c(C)cc(CC3CCC(C)CC3)cc2C)cc(F)c1F. The normalized spacial score (nSPS) is 20.7. The summed E-state index contributed by atoms with van der Waals surface area (Å²) in [6.45, 7) is 8.12. The number of hydrogen-bond acceptors (Lipinski definition) is 0. The van der Waals surface area contributed by atoms with Gasteiger partial charge in [0.2, 0.25) is 0 Å². The molecule has 0 unspecified atom stereocenters. The molecule has 25 heavy (non-hydrogen) atoms. The van der Waals surface area contributed by atoms with E-state index in [2.05, 4.69) is 32.9 Å². The Kier molecular flexibility index (Phi) is 5.27. The van der Waals surface area contributed by atoms with Gasteiger partial charge in [-0.3, -0.25) is 0 Å². The molecule has 1 aliphatic rings. The summed E-state index contributed by atoms with van der Waals surface area (Å²) < 4.78 is 27.4. The minimum atomic E-state index is -0.769. The van der Waals surface area contributed by atoms with Crippen molar-refractivity contribution in [3.63, 3.8) is 0 Å². The Morgan fingerprint density at radius 2 is 1.44 bits per heavy atom. The fourth-order valence-corrected chi connectivity index (χ4v) is 4.36. The van der Waals surface area contributed by atoms with E-state index in [-0.39, 0.29) is 0 Å². The zero-order valence-corrected chi connectivity index (χ0v) is 15.8. The molecule has 0 N–H and O–H groups in total. The van der Waals surface area contributed by atoms with Gasteiger partial charge in [-0.1, -0.05) is 31.9 Å². The molecule has 1 aliphatic carbocycles. The highest BCUT2D eigenvalue weighted by molar-refractivity contribution is 5.72. The maximum absolute atomic E-state index is 13.8. The van der Waals surface area contributed by atoms with Crippen LogP contribution in [-0.4, -0.2) is 0 Å². The van der Waals surface area contributed by atoms with Crippen molar-refractivity contribution in [3.8, 4) is 11.1 Å². The topological polar surface area (TPSA) is 0 Å². The zero-order chi connectivity index (χ0) is 18.1. The molecule has 0 nitrogen and oxygen atoms in total. The quantitative estimate of drug-likeness (QED) is 0.567. The Bertz CT molecular complexity index is 722. The highest BCUT2D eigenvalue weighted by atomic mass is 19.2. The molecule has 2 heteroatoms. The van der Waals surface area contributed by atoms with Crippen molar-refractivity contribution in [2.75, 3.05) is 0 Å². The number of rotatable bonds is 3. The van der Waals surface area contributed by atoms with Gasteiger partial charge in [0.1, 0.15) is 0 Å². The van der Waals surface area contributed by atoms with Crippen molar-refractivity contribution in [2.45, 2.75) is 59.8 Å². The van der Waals surface area contributed by atoms with Crippen molar-refractivity contribution in [3.05, 3.63) is 58.2 Å². The van der Waals surface area contributed by atoms with Gasteiger partial charge in [-0.2, -0.15) is 0 Å². The zero-order valence-electron chi connectivity index (χ0n) is 15.8. The molecule has 2 aromatic carbocycles. The number of hydrogen-bond donors (Lipinski definition) is 0. The Labute approximate surface area is 150 Å². The van der Waals surface area contributed by atoms with Gasteiger partial charge in [0.15, 0.2) is 11.6 Å². The summed E-state index contributed by atoms with van der Waals surface area (Å²) in [6.07, 6.45) is 6.46. The van der Waals surface area contributed by atoms with Gasteiger partial charge in [0.05, 0.1) is 0 Å². The van der Waals surface area contributed by atoms with Crippen LogP contribution in [-0.2, 0) is 6.42 Å².